The van der Waals surface area contributed by atoms with Crippen molar-refractivity contribution in [1.82, 2.24) is 0 Å². The molecule has 0 bridgehead atoms. The van der Waals surface area contributed by atoms with Gasteiger partial charge in [0.15, 0.2) is 0 Å². The molecule has 0 saturated heterocycles. The lowest BCUT2D eigenvalue weighted by molar-refractivity contribution is 0.0701. The monoisotopic (exact) mass is 170 g/mol. The van der Waals surface area contributed by atoms with E-state index in [0.717, 1.165) is 17.7 Å². The standard InChI is InChI=1S/C7H6O3S/c8-7(9)6-4-1-2-10-5(4)3-11-6/h3H,1-2H2,(H,8,9). The van der Waals surface area contributed by atoms with Crippen molar-refractivity contribution < 1.29 is 14.6 Å². The first-order valence-corrected chi connectivity index (χ1v) is 4.13. The second kappa shape index (κ2) is 2.23. The van der Waals surface area contributed by atoms with Crippen LogP contribution in [0.25, 0.3) is 0 Å². The maximum atomic E-state index is 10.6. The molecule has 0 saturated carbocycles. The molecule has 1 aromatic heterocycles. The maximum absolute atomic E-state index is 10.6. The molecule has 0 fully saturated rings. The van der Waals surface area contributed by atoms with E-state index in [1.54, 1.807) is 5.38 Å². The second-order valence-corrected chi connectivity index (χ2v) is 3.19. The van der Waals surface area contributed by atoms with Gasteiger partial charge in [-0.05, 0) is 0 Å². The molecular weight excluding hydrogens is 164 g/mol. The Morgan fingerprint density at radius 1 is 1.73 bits per heavy atom. The topological polar surface area (TPSA) is 46.5 Å². The smallest absolute Gasteiger partial charge is 0.346 e. The first-order valence-electron chi connectivity index (χ1n) is 3.25. The molecule has 0 amide bonds. The Morgan fingerprint density at radius 2 is 2.55 bits per heavy atom. The third-order valence-electron chi connectivity index (χ3n) is 1.66. The van der Waals surface area contributed by atoms with Gasteiger partial charge in [0.1, 0.15) is 10.6 Å². The molecule has 3 nitrogen and oxygen atoms in total. The number of carboxylic acids is 1. The van der Waals surface area contributed by atoms with Crippen molar-refractivity contribution >= 4 is 17.3 Å². The van der Waals surface area contributed by atoms with Gasteiger partial charge in [-0.1, -0.05) is 0 Å². The van der Waals surface area contributed by atoms with Crippen LogP contribution >= 0.6 is 11.3 Å². The molecule has 0 atom stereocenters. The highest BCUT2D eigenvalue weighted by Gasteiger charge is 2.22. The average molecular weight is 170 g/mol. The minimum atomic E-state index is -0.846. The van der Waals surface area contributed by atoms with Gasteiger partial charge in [-0.2, -0.15) is 0 Å². The summed E-state index contributed by atoms with van der Waals surface area (Å²) in [5.41, 5.74) is 0.863. The number of carbonyl (C=O) groups is 1. The predicted octanol–water partition coefficient (Wildman–Crippen LogP) is 1.38. The lowest BCUT2D eigenvalue weighted by Crippen LogP contribution is -1.96. The summed E-state index contributed by atoms with van der Waals surface area (Å²) in [5, 5.41) is 10.4. The molecule has 58 valence electrons. The summed E-state index contributed by atoms with van der Waals surface area (Å²) in [7, 11) is 0. The number of fused-ring (bicyclic) bond motifs is 1. The molecule has 1 aromatic rings. The molecule has 1 aliphatic rings. The SMILES string of the molecule is O=C(O)c1scc2c1CCO2. The molecule has 1 aliphatic heterocycles. The molecule has 0 aliphatic carbocycles. The largest absolute Gasteiger partial charge is 0.492 e. The number of aromatic carboxylic acids is 1. The zero-order chi connectivity index (χ0) is 7.84. The van der Waals surface area contributed by atoms with Gasteiger partial charge < -0.3 is 9.84 Å². The first kappa shape index (κ1) is 6.67. The van der Waals surface area contributed by atoms with Crippen LogP contribution in [0.1, 0.15) is 15.2 Å². The van der Waals surface area contributed by atoms with Crippen LogP contribution in [0.5, 0.6) is 5.75 Å². The Morgan fingerprint density at radius 3 is 3.27 bits per heavy atom. The molecule has 0 aromatic carbocycles. The van der Waals surface area contributed by atoms with Gasteiger partial charge >= 0.3 is 5.97 Å². The first-order chi connectivity index (χ1) is 5.29. The Hall–Kier alpha value is -1.03. The van der Waals surface area contributed by atoms with Gasteiger partial charge in [0.25, 0.3) is 0 Å². The molecule has 0 radical (unpaired) electrons. The van der Waals surface area contributed by atoms with E-state index >= 15 is 0 Å². The van der Waals surface area contributed by atoms with Crippen LogP contribution in [0.15, 0.2) is 5.38 Å². The third-order valence-corrected chi connectivity index (χ3v) is 2.65. The van der Waals surface area contributed by atoms with Crippen molar-refractivity contribution in [2.75, 3.05) is 6.61 Å². The summed E-state index contributed by atoms with van der Waals surface area (Å²) >= 11 is 1.24. The number of hydrogen-bond acceptors (Lipinski definition) is 3. The fourth-order valence-corrected chi connectivity index (χ4v) is 2.05. The zero-order valence-corrected chi connectivity index (χ0v) is 6.48. The van der Waals surface area contributed by atoms with Crippen molar-refractivity contribution in [2.24, 2.45) is 0 Å². The summed E-state index contributed by atoms with van der Waals surface area (Å²) < 4.78 is 5.18. The van der Waals surface area contributed by atoms with Crippen LogP contribution in [-0.4, -0.2) is 17.7 Å². The molecule has 0 unspecified atom stereocenters. The van der Waals surface area contributed by atoms with E-state index in [1.807, 2.05) is 0 Å². The highest BCUT2D eigenvalue weighted by Crippen LogP contribution is 2.33. The van der Waals surface area contributed by atoms with Crippen LogP contribution in [0.3, 0.4) is 0 Å². The summed E-state index contributed by atoms with van der Waals surface area (Å²) in [6, 6.07) is 0. The van der Waals surface area contributed by atoms with Gasteiger partial charge in [0.05, 0.1) is 6.61 Å². The Balaban J connectivity index is 2.50. The van der Waals surface area contributed by atoms with Gasteiger partial charge in [-0.3, -0.25) is 0 Å². The van der Waals surface area contributed by atoms with Crippen molar-refractivity contribution in [2.45, 2.75) is 6.42 Å². The lowest BCUT2D eigenvalue weighted by atomic mass is 10.2. The van der Waals surface area contributed by atoms with E-state index in [1.165, 1.54) is 11.3 Å². The fourth-order valence-electron chi connectivity index (χ4n) is 1.17. The van der Waals surface area contributed by atoms with E-state index in [-0.39, 0.29) is 0 Å². The molecular formula is C7H6O3S. The van der Waals surface area contributed by atoms with Crippen molar-refractivity contribution in [3.8, 4) is 5.75 Å². The highest BCUT2D eigenvalue weighted by atomic mass is 32.1. The van der Waals surface area contributed by atoms with Crippen molar-refractivity contribution in [3.63, 3.8) is 0 Å². The summed E-state index contributed by atoms with van der Waals surface area (Å²) in [6.07, 6.45) is 0.737. The molecule has 11 heavy (non-hydrogen) atoms. The number of ether oxygens (including phenoxy) is 1. The van der Waals surface area contributed by atoms with E-state index in [2.05, 4.69) is 0 Å². The molecule has 1 N–H and O–H groups in total. The minimum absolute atomic E-state index is 0.428. The maximum Gasteiger partial charge on any atom is 0.346 e. The average Bonchev–Trinajstić information content (AvgIpc) is 2.41. The molecule has 2 rings (SSSR count). The molecule has 4 heteroatoms. The third kappa shape index (κ3) is 0.903. The highest BCUT2D eigenvalue weighted by molar-refractivity contribution is 7.12. The van der Waals surface area contributed by atoms with Crippen LogP contribution < -0.4 is 4.74 Å². The summed E-state index contributed by atoms with van der Waals surface area (Å²) in [5.74, 6) is -0.0887. The lowest BCUT2D eigenvalue weighted by Gasteiger charge is -1.88. The Labute approximate surface area is 67.2 Å². The van der Waals surface area contributed by atoms with E-state index < -0.39 is 5.97 Å². The van der Waals surface area contributed by atoms with Crippen LogP contribution in [0.2, 0.25) is 0 Å². The minimum Gasteiger partial charge on any atom is -0.492 e. The molecule has 0 spiro atoms. The van der Waals surface area contributed by atoms with E-state index in [0.29, 0.717) is 11.5 Å². The van der Waals surface area contributed by atoms with Crippen molar-refractivity contribution in [3.05, 3.63) is 15.8 Å². The van der Waals surface area contributed by atoms with Gasteiger partial charge in [0.2, 0.25) is 0 Å². The van der Waals surface area contributed by atoms with Crippen LogP contribution in [0, 0.1) is 0 Å². The Kier molecular flexibility index (Phi) is 1.35. The van der Waals surface area contributed by atoms with E-state index in [9.17, 15) is 4.79 Å². The Bertz CT molecular complexity index is 303. The number of hydrogen-bond donors (Lipinski definition) is 1. The van der Waals surface area contributed by atoms with E-state index in [4.69, 9.17) is 9.84 Å². The quantitative estimate of drug-likeness (QED) is 0.692. The van der Waals surface area contributed by atoms with Gasteiger partial charge in [-0.15, -0.1) is 11.3 Å². The number of carboxylic acid groups (broad SMARTS) is 1. The second-order valence-electron chi connectivity index (χ2n) is 2.31. The normalized spacial score (nSPS) is 14.2. The van der Waals surface area contributed by atoms with Gasteiger partial charge in [0, 0.05) is 17.4 Å². The van der Waals surface area contributed by atoms with Gasteiger partial charge in [-0.25, -0.2) is 4.79 Å². The van der Waals surface area contributed by atoms with Crippen LogP contribution in [-0.2, 0) is 6.42 Å². The summed E-state index contributed by atoms with van der Waals surface area (Å²) in [6.45, 7) is 0.624. The van der Waals surface area contributed by atoms with Crippen LogP contribution in [0.4, 0.5) is 0 Å². The number of rotatable bonds is 1. The predicted molar refractivity (Wildman–Crippen MR) is 40.5 cm³/mol. The molecule has 2 heterocycles. The summed E-state index contributed by atoms with van der Waals surface area (Å²) in [4.78, 5) is 11.0. The van der Waals surface area contributed by atoms with Crippen molar-refractivity contribution in [1.29, 1.82) is 0 Å². The fraction of sp³-hybridized carbons (Fsp3) is 0.286. The zero-order valence-electron chi connectivity index (χ0n) is 5.66. The number of thiophene rings is 1.